The Hall–Kier alpha value is -1.12. The molecule has 21 heavy (non-hydrogen) atoms. The molecule has 1 N–H and O–H groups in total. The Morgan fingerprint density at radius 2 is 1.90 bits per heavy atom. The van der Waals surface area contributed by atoms with Crippen LogP contribution in [0.2, 0.25) is 0 Å². The van der Waals surface area contributed by atoms with Crippen LogP contribution in [0.1, 0.15) is 54.8 Å². The summed E-state index contributed by atoms with van der Waals surface area (Å²) in [5, 5.41) is 3.69. The second-order valence-corrected chi connectivity index (χ2v) is 6.83. The number of halogens is 1. The quantitative estimate of drug-likeness (QED) is 0.723. The van der Waals surface area contributed by atoms with Crippen LogP contribution in [-0.4, -0.2) is 0 Å². The highest BCUT2D eigenvalue weighted by atomic mass is 79.9. The highest BCUT2D eigenvalue weighted by Gasteiger charge is 2.23. The first-order valence-electron chi connectivity index (χ1n) is 7.84. The lowest BCUT2D eigenvalue weighted by Gasteiger charge is -2.18. The lowest BCUT2D eigenvalue weighted by atomic mass is 10.0. The van der Waals surface area contributed by atoms with Crippen LogP contribution in [0.3, 0.4) is 0 Å². The summed E-state index contributed by atoms with van der Waals surface area (Å²) in [6.07, 6.45) is 3.84. The molecule has 1 aliphatic carbocycles. The molecule has 1 fully saturated rings. The molecule has 0 bridgehead atoms. The molecule has 0 amide bonds. The number of benzene rings is 2. The van der Waals surface area contributed by atoms with Gasteiger partial charge in [-0.05, 0) is 54.0 Å². The van der Waals surface area contributed by atoms with E-state index >= 15 is 0 Å². The molecule has 1 nitrogen and oxygen atoms in total. The Morgan fingerprint density at radius 1 is 1.14 bits per heavy atom. The van der Waals surface area contributed by atoms with Gasteiger partial charge in [0.25, 0.3) is 0 Å². The second kappa shape index (κ2) is 6.76. The van der Waals surface area contributed by atoms with Crippen molar-refractivity contribution in [2.45, 2.75) is 44.7 Å². The Bertz CT molecular complexity index is 587. The van der Waals surface area contributed by atoms with E-state index in [-0.39, 0.29) is 0 Å². The molecule has 0 aliphatic heterocycles. The average Bonchev–Trinajstić information content (AvgIpc) is 3.35. The summed E-state index contributed by atoms with van der Waals surface area (Å²) in [5.41, 5.74) is 4.28. The molecule has 0 saturated heterocycles. The molecule has 2 aromatic carbocycles. The smallest absolute Gasteiger partial charge is 0.0320 e. The summed E-state index contributed by atoms with van der Waals surface area (Å²) >= 11 is 3.50. The van der Waals surface area contributed by atoms with Crippen molar-refractivity contribution in [1.29, 1.82) is 0 Å². The molecule has 110 valence electrons. The molecular weight excluding hydrogens is 322 g/mol. The van der Waals surface area contributed by atoms with Gasteiger partial charge in [0.15, 0.2) is 0 Å². The Labute approximate surface area is 135 Å². The molecule has 1 atom stereocenters. The Balaban J connectivity index is 1.64. The Kier molecular flexibility index (Phi) is 4.77. The maximum Gasteiger partial charge on any atom is 0.0320 e. The van der Waals surface area contributed by atoms with E-state index in [9.17, 15) is 0 Å². The fraction of sp³-hybridized carbons (Fsp3) is 0.368. The van der Waals surface area contributed by atoms with Crippen molar-refractivity contribution in [2.75, 3.05) is 0 Å². The van der Waals surface area contributed by atoms with Crippen molar-refractivity contribution < 1.29 is 0 Å². The molecule has 0 radical (unpaired) electrons. The van der Waals surface area contributed by atoms with Crippen molar-refractivity contribution in [3.05, 3.63) is 69.7 Å². The lowest BCUT2D eigenvalue weighted by molar-refractivity contribution is 0.519. The first kappa shape index (κ1) is 14.8. The van der Waals surface area contributed by atoms with Gasteiger partial charge in [-0.3, -0.25) is 0 Å². The molecule has 2 heteroatoms. The van der Waals surface area contributed by atoms with E-state index in [4.69, 9.17) is 0 Å². The van der Waals surface area contributed by atoms with E-state index in [1.54, 1.807) is 0 Å². The SMILES string of the molecule is CCC(NCc1cccc(C2CC2)c1)c1ccc(Br)cc1. The fourth-order valence-electron chi connectivity index (χ4n) is 2.81. The van der Waals surface area contributed by atoms with Crippen LogP contribution in [-0.2, 0) is 6.54 Å². The molecule has 0 heterocycles. The van der Waals surface area contributed by atoms with Gasteiger partial charge in [0.05, 0.1) is 0 Å². The third-order valence-corrected chi connectivity index (χ3v) is 4.76. The Morgan fingerprint density at radius 3 is 2.57 bits per heavy atom. The van der Waals surface area contributed by atoms with Crippen LogP contribution in [0.25, 0.3) is 0 Å². The number of rotatable bonds is 6. The van der Waals surface area contributed by atoms with Crippen molar-refractivity contribution >= 4 is 15.9 Å². The molecule has 0 aromatic heterocycles. The van der Waals surface area contributed by atoms with Crippen molar-refractivity contribution in [3.8, 4) is 0 Å². The van der Waals surface area contributed by atoms with E-state index in [0.29, 0.717) is 6.04 Å². The van der Waals surface area contributed by atoms with Crippen molar-refractivity contribution in [3.63, 3.8) is 0 Å². The minimum absolute atomic E-state index is 0.419. The van der Waals surface area contributed by atoms with E-state index in [2.05, 4.69) is 76.7 Å². The zero-order valence-electron chi connectivity index (χ0n) is 12.5. The largest absolute Gasteiger partial charge is 0.306 e. The predicted molar refractivity (Wildman–Crippen MR) is 92.4 cm³/mol. The van der Waals surface area contributed by atoms with Gasteiger partial charge < -0.3 is 5.32 Å². The molecule has 1 unspecified atom stereocenters. The van der Waals surface area contributed by atoms with Crippen LogP contribution in [0.4, 0.5) is 0 Å². The first-order valence-corrected chi connectivity index (χ1v) is 8.63. The molecular formula is C19H22BrN. The molecule has 0 spiro atoms. The number of hydrogen-bond donors (Lipinski definition) is 1. The minimum Gasteiger partial charge on any atom is -0.306 e. The van der Waals surface area contributed by atoms with Gasteiger partial charge in [-0.15, -0.1) is 0 Å². The third kappa shape index (κ3) is 3.96. The van der Waals surface area contributed by atoms with E-state index in [1.807, 2.05) is 0 Å². The monoisotopic (exact) mass is 343 g/mol. The zero-order valence-corrected chi connectivity index (χ0v) is 14.1. The predicted octanol–water partition coefficient (Wildman–Crippen LogP) is 5.57. The second-order valence-electron chi connectivity index (χ2n) is 5.91. The van der Waals surface area contributed by atoms with Gasteiger partial charge >= 0.3 is 0 Å². The van der Waals surface area contributed by atoms with E-state index in [1.165, 1.54) is 29.5 Å². The van der Waals surface area contributed by atoms with Gasteiger partial charge in [0, 0.05) is 17.1 Å². The molecule has 3 rings (SSSR count). The maximum atomic E-state index is 3.69. The highest BCUT2D eigenvalue weighted by molar-refractivity contribution is 9.10. The van der Waals surface area contributed by atoms with Crippen molar-refractivity contribution in [1.82, 2.24) is 5.32 Å². The normalized spacial score (nSPS) is 15.9. The zero-order chi connectivity index (χ0) is 14.7. The average molecular weight is 344 g/mol. The van der Waals surface area contributed by atoms with Crippen molar-refractivity contribution in [2.24, 2.45) is 0 Å². The van der Waals surface area contributed by atoms with Crippen LogP contribution in [0.5, 0.6) is 0 Å². The maximum absolute atomic E-state index is 3.69. The third-order valence-electron chi connectivity index (χ3n) is 4.23. The minimum atomic E-state index is 0.419. The lowest BCUT2D eigenvalue weighted by Crippen LogP contribution is -2.20. The van der Waals surface area contributed by atoms with Gasteiger partial charge in [-0.1, -0.05) is 59.3 Å². The topological polar surface area (TPSA) is 12.0 Å². The highest BCUT2D eigenvalue weighted by Crippen LogP contribution is 2.40. The molecule has 1 saturated carbocycles. The van der Waals surface area contributed by atoms with Crippen LogP contribution < -0.4 is 5.32 Å². The summed E-state index contributed by atoms with van der Waals surface area (Å²) in [7, 11) is 0. The summed E-state index contributed by atoms with van der Waals surface area (Å²) in [5.74, 6) is 0.832. The summed E-state index contributed by atoms with van der Waals surface area (Å²) in [4.78, 5) is 0. The standard InChI is InChI=1S/C19H22BrN/c1-2-19(16-8-10-18(20)11-9-16)21-13-14-4-3-5-17(12-14)15-6-7-15/h3-5,8-12,15,19,21H,2,6-7,13H2,1H3. The summed E-state index contributed by atoms with van der Waals surface area (Å²) in [6.45, 7) is 3.18. The van der Waals surface area contributed by atoms with Crippen LogP contribution in [0.15, 0.2) is 53.0 Å². The van der Waals surface area contributed by atoms with Crippen LogP contribution in [0, 0.1) is 0 Å². The van der Waals surface area contributed by atoms with Crippen LogP contribution >= 0.6 is 15.9 Å². The van der Waals surface area contributed by atoms with Gasteiger partial charge in [-0.25, -0.2) is 0 Å². The fourth-order valence-corrected chi connectivity index (χ4v) is 3.07. The molecule has 2 aromatic rings. The summed E-state index contributed by atoms with van der Waals surface area (Å²) < 4.78 is 1.14. The summed E-state index contributed by atoms with van der Waals surface area (Å²) in [6, 6.07) is 18.1. The van der Waals surface area contributed by atoms with Gasteiger partial charge in [0.2, 0.25) is 0 Å². The van der Waals surface area contributed by atoms with Gasteiger partial charge in [-0.2, -0.15) is 0 Å². The number of hydrogen-bond acceptors (Lipinski definition) is 1. The molecule has 1 aliphatic rings. The number of nitrogens with one attached hydrogen (secondary N) is 1. The van der Waals surface area contributed by atoms with E-state index < -0.39 is 0 Å². The van der Waals surface area contributed by atoms with Gasteiger partial charge in [0.1, 0.15) is 0 Å². The first-order chi connectivity index (χ1) is 10.3. The van der Waals surface area contributed by atoms with E-state index in [0.717, 1.165) is 23.4 Å².